The molecule has 1 saturated heterocycles. The maximum Gasteiger partial charge on any atom is 0.147 e. The molecule has 1 heterocycles. The molecule has 1 aliphatic rings. The molecule has 0 unspecified atom stereocenters. The van der Waals surface area contributed by atoms with Gasteiger partial charge in [-0.05, 0) is 18.2 Å². The molecule has 1 aromatic carbocycles. The smallest absolute Gasteiger partial charge is 0.147 e. The van der Waals surface area contributed by atoms with Gasteiger partial charge in [0.25, 0.3) is 0 Å². The molecule has 0 aromatic heterocycles. The minimum atomic E-state index is -0.758. The lowest BCUT2D eigenvalue weighted by molar-refractivity contribution is 0.617. The van der Waals surface area contributed by atoms with Crippen molar-refractivity contribution in [1.82, 2.24) is 0 Å². The lowest BCUT2D eigenvalue weighted by Crippen LogP contribution is -2.38. The Kier molecular flexibility index (Phi) is 3.73. The molecule has 1 aromatic rings. The Morgan fingerprint density at radius 2 is 2.06 bits per heavy atom. The van der Waals surface area contributed by atoms with E-state index in [0.29, 0.717) is 35.8 Å². The first-order valence-corrected chi connectivity index (χ1v) is 7.17. The Balaban J connectivity index is 2.21. The standard InChI is InChI=1S/C11H13FN2OS2/c12-9-7-8(11(13)16)1-2-10(9)14-3-5-17(15)6-4-14/h1-2,7H,3-6H2,(H2,13,16). The summed E-state index contributed by atoms with van der Waals surface area (Å²) in [5.74, 6) is 0.857. The molecular weight excluding hydrogens is 259 g/mol. The van der Waals surface area contributed by atoms with E-state index in [-0.39, 0.29) is 10.8 Å². The maximum absolute atomic E-state index is 13.9. The molecule has 0 saturated carbocycles. The fraction of sp³-hybridized carbons (Fsp3) is 0.364. The van der Waals surface area contributed by atoms with Crippen LogP contribution in [-0.4, -0.2) is 33.8 Å². The summed E-state index contributed by atoms with van der Waals surface area (Å²) in [5.41, 5.74) is 6.50. The molecule has 92 valence electrons. The van der Waals surface area contributed by atoms with Crippen LogP contribution in [0.25, 0.3) is 0 Å². The minimum Gasteiger partial charge on any atom is -0.389 e. The number of hydrogen-bond acceptors (Lipinski definition) is 3. The van der Waals surface area contributed by atoms with E-state index in [2.05, 4.69) is 0 Å². The van der Waals surface area contributed by atoms with E-state index in [1.807, 2.05) is 4.90 Å². The van der Waals surface area contributed by atoms with Crippen molar-refractivity contribution in [1.29, 1.82) is 0 Å². The molecule has 1 fully saturated rings. The molecule has 0 bridgehead atoms. The van der Waals surface area contributed by atoms with Gasteiger partial charge in [0.2, 0.25) is 0 Å². The number of halogens is 1. The SMILES string of the molecule is NC(=S)c1ccc(N2CCS(=O)CC2)c(F)c1. The van der Waals surface area contributed by atoms with Crippen LogP contribution >= 0.6 is 12.2 Å². The van der Waals surface area contributed by atoms with E-state index in [0.717, 1.165) is 0 Å². The third-order valence-corrected chi connectivity index (χ3v) is 4.26. The molecule has 2 rings (SSSR count). The van der Waals surface area contributed by atoms with Crippen molar-refractivity contribution in [3.8, 4) is 0 Å². The second-order valence-corrected chi connectivity index (χ2v) is 6.00. The summed E-state index contributed by atoms with van der Waals surface area (Å²) in [4.78, 5) is 2.09. The summed E-state index contributed by atoms with van der Waals surface area (Å²) < 4.78 is 25.1. The van der Waals surface area contributed by atoms with Gasteiger partial charge in [0.1, 0.15) is 10.8 Å². The predicted octanol–water partition coefficient (Wildman–Crippen LogP) is 1.03. The highest BCUT2D eigenvalue weighted by Crippen LogP contribution is 2.21. The first kappa shape index (κ1) is 12.4. The van der Waals surface area contributed by atoms with Crippen molar-refractivity contribution < 1.29 is 8.60 Å². The van der Waals surface area contributed by atoms with Gasteiger partial charge in [0, 0.05) is 41.0 Å². The van der Waals surface area contributed by atoms with Crippen LogP contribution in [0.4, 0.5) is 10.1 Å². The van der Waals surface area contributed by atoms with Crippen molar-refractivity contribution in [3.05, 3.63) is 29.6 Å². The molecule has 0 atom stereocenters. The normalized spacial score (nSPS) is 17.1. The van der Waals surface area contributed by atoms with Gasteiger partial charge in [-0.3, -0.25) is 4.21 Å². The summed E-state index contributed by atoms with van der Waals surface area (Å²) in [6.07, 6.45) is 0. The number of anilines is 1. The van der Waals surface area contributed by atoms with Crippen LogP contribution in [0.5, 0.6) is 0 Å². The number of hydrogen-bond donors (Lipinski definition) is 1. The maximum atomic E-state index is 13.9. The molecular formula is C11H13FN2OS2. The first-order valence-electron chi connectivity index (χ1n) is 5.27. The van der Waals surface area contributed by atoms with Gasteiger partial charge in [-0.15, -0.1) is 0 Å². The highest BCUT2D eigenvalue weighted by atomic mass is 32.2. The van der Waals surface area contributed by atoms with Crippen LogP contribution in [0.15, 0.2) is 18.2 Å². The number of thiocarbonyl (C=S) groups is 1. The van der Waals surface area contributed by atoms with Crippen LogP contribution in [0.3, 0.4) is 0 Å². The Hall–Kier alpha value is -1.01. The van der Waals surface area contributed by atoms with Gasteiger partial charge in [0.15, 0.2) is 0 Å². The summed E-state index contributed by atoms with van der Waals surface area (Å²) >= 11 is 4.79. The van der Waals surface area contributed by atoms with Crippen molar-refractivity contribution in [2.24, 2.45) is 5.73 Å². The topological polar surface area (TPSA) is 46.3 Å². The number of nitrogens with zero attached hydrogens (tertiary/aromatic N) is 1. The summed E-state index contributed by atoms with van der Waals surface area (Å²) in [5, 5.41) is 0. The van der Waals surface area contributed by atoms with Crippen LogP contribution in [0, 0.1) is 5.82 Å². The van der Waals surface area contributed by atoms with Crippen molar-refractivity contribution >= 4 is 33.7 Å². The first-order chi connectivity index (χ1) is 8.08. The van der Waals surface area contributed by atoms with E-state index >= 15 is 0 Å². The van der Waals surface area contributed by atoms with Gasteiger partial charge in [0.05, 0.1) is 5.69 Å². The predicted molar refractivity (Wildman–Crippen MR) is 72.4 cm³/mol. The average Bonchev–Trinajstić information content (AvgIpc) is 2.30. The van der Waals surface area contributed by atoms with Crippen molar-refractivity contribution in [2.45, 2.75) is 0 Å². The molecule has 0 amide bonds. The molecule has 17 heavy (non-hydrogen) atoms. The summed E-state index contributed by atoms with van der Waals surface area (Å²) in [6.45, 7) is 1.24. The van der Waals surface area contributed by atoms with Gasteiger partial charge >= 0.3 is 0 Å². The lowest BCUT2D eigenvalue weighted by Gasteiger charge is -2.28. The summed E-state index contributed by atoms with van der Waals surface area (Å²) in [7, 11) is -0.758. The van der Waals surface area contributed by atoms with Gasteiger partial charge in [-0.1, -0.05) is 12.2 Å². The average molecular weight is 272 g/mol. The number of nitrogens with two attached hydrogens (primary N) is 1. The van der Waals surface area contributed by atoms with Gasteiger partial charge in [-0.25, -0.2) is 4.39 Å². The Morgan fingerprint density at radius 1 is 1.41 bits per heavy atom. The Labute approximate surface area is 107 Å². The number of rotatable bonds is 2. The van der Waals surface area contributed by atoms with E-state index < -0.39 is 10.8 Å². The lowest BCUT2D eigenvalue weighted by atomic mass is 10.2. The van der Waals surface area contributed by atoms with E-state index in [1.165, 1.54) is 6.07 Å². The van der Waals surface area contributed by atoms with Crippen LogP contribution in [0.1, 0.15) is 5.56 Å². The van der Waals surface area contributed by atoms with E-state index in [1.54, 1.807) is 12.1 Å². The van der Waals surface area contributed by atoms with Crippen LogP contribution in [-0.2, 0) is 10.8 Å². The molecule has 1 aliphatic heterocycles. The Bertz CT molecular complexity index is 469. The van der Waals surface area contributed by atoms with Crippen molar-refractivity contribution in [2.75, 3.05) is 29.5 Å². The monoisotopic (exact) mass is 272 g/mol. The zero-order valence-electron chi connectivity index (χ0n) is 9.19. The molecule has 3 nitrogen and oxygen atoms in total. The molecule has 0 aliphatic carbocycles. The number of benzene rings is 1. The summed E-state index contributed by atoms with van der Waals surface area (Å²) in [6, 6.07) is 4.74. The fourth-order valence-electron chi connectivity index (χ4n) is 1.80. The van der Waals surface area contributed by atoms with E-state index in [4.69, 9.17) is 18.0 Å². The van der Waals surface area contributed by atoms with Gasteiger partial charge < -0.3 is 10.6 Å². The molecule has 0 spiro atoms. The van der Waals surface area contributed by atoms with Gasteiger partial charge in [-0.2, -0.15) is 0 Å². The minimum absolute atomic E-state index is 0.190. The largest absolute Gasteiger partial charge is 0.389 e. The molecule has 2 N–H and O–H groups in total. The quantitative estimate of drug-likeness (QED) is 0.817. The molecule has 0 radical (unpaired) electrons. The second kappa shape index (κ2) is 5.10. The third kappa shape index (κ3) is 2.81. The third-order valence-electron chi connectivity index (χ3n) is 2.75. The zero-order chi connectivity index (χ0) is 12.4. The molecule has 6 heteroatoms. The fourth-order valence-corrected chi connectivity index (χ4v) is 2.97. The highest BCUT2D eigenvalue weighted by molar-refractivity contribution is 7.85. The highest BCUT2D eigenvalue weighted by Gasteiger charge is 2.18. The van der Waals surface area contributed by atoms with E-state index in [9.17, 15) is 8.60 Å². The second-order valence-electron chi connectivity index (χ2n) is 3.87. The van der Waals surface area contributed by atoms with Crippen LogP contribution < -0.4 is 10.6 Å². The van der Waals surface area contributed by atoms with Crippen molar-refractivity contribution in [3.63, 3.8) is 0 Å². The Morgan fingerprint density at radius 3 is 2.59 bits per heavy atom. The zero-order valence-corrected chi connectivity index (χ0v) is 10.8. The van der Waals surface area contributed by atoms with Crippen LogP contribution in [0.2, 0.25) is 0 Å².